The van der Waals surface area contributed by atoms with E-state index in [0.717, 1.165) is 33.5 Å². The summed E-state index contributed by atoms with van der Waals surface area (Å²) in [5.41, 5.74) is 5.23. The number of rotatable bonds is 18. The third-order valence-corrected chi connectivity index (χ3v) is 18.9. The maximum atomic E-state index is 14.4. The van der Waals surface area contributed by atoms with E-state index in [1.165, 1.54) is 52.5 Å². The van der Waals surface area contributed by atoms with Crippen LogP contribution >= 0.6 is 33.2 Å². The first-order valence-electron chi connectivity index (χ1n) is 27.0. The van der Waals surface area contributed by atoms with Crippen molar-refractivity contribution in [2.45, 2.75) is 166 Å². The highest BCUT2D eigenvalue weighted by atomic mass is 35.5. The number of alkyl carbamates (subject to hydrolysis) is 1. The molecule has 1 aliphatic carbocycles. The highest BCUT2D eigenvalue weighted by Gasteiger charge is 2.64. The summed E-state index contributed by atoms with van der Waals surface area (Å²) in [6, 6.07) is 8.25. The van der Waals surface area contributed by atoms with Gasteiger partial charge < -0.3 is 43.4 Å². The number of hydrogen-bond donors (Lipinski definition) is 3. The lowest BCUT2D eigenvalue weighted by molar-refractivity contribution is -0.197. The van der Waals surface area contributed by atoms with Gasteiger partial charge in [0.1, 0.15) is 35.7 Å². The quantitative estimate of drug-likeness (QED) is 0.0339. The van der Waals surface area contributed by atoms with Crippen LogP contribution in [0.3, 0.4) is 0 Å². The molecule has 6 amide bonds. The number of imide groups is 1. The summed E-state index contributed by atoms with van der Waals surface area (Å²) in [7, 11) is 7.40. The van der Waals surface area contributed by atoms with Crippen LogP contribution in [0.5, 0.6) is 5.75 Å². The molecule has 0 radical (unpaired) electrons. The molecule has 2 aromatic carbocycles. The van der Waals surface area contributed by atoms with Gasteiger partial charge in [-0.1, -0.05) is 70.0 Å². The Balaban J connectivity index is 0.911. The molecule has 21 nitrogen and oxygen atoms in total. The Bertz CT molecular complexity index is 2870. The van der Waals surface area contributed by atoms with Crippen LogP contribution in [-0.4, -0.2) is 148 Å². The fraction of sp³-hybridized carbons (Fsp3) is 0.561. The number of likely N-dealkylation sites (N-methyl/N-ethyl adjacent to an activating group) is 1. The molecule has 0 unspecified atom stereocenters. The molecule has 7 rings (SSSR count). The Kier molecular flexibility index (Phi) is 20.5. The fourth-order valence-electron chi connectivity index (χ4n) is 10.2. The molecular weight excluding hydrogens is 1110 g/mol. The zero-order valence-corrected chi connectivity index (χ0v) is 49.8. The number of aliphatic hydroxyl groups is 1. The van der Waals surface area contributed by atoms with Gasteiger partial charge in [-0.3, -0.25) is 29.3 Å². The summed E-state index contributed by atoms with van der Waals surface area (Å²) in [5.74, 6) is -3.17. The molecule has 3 N–H and O–H groups in total. The molecule has 0 spiro atoms. The van der Waals surface area contributed by atoms with Crippen molar-refractivity contribution in [2.24, 2.45) is 11.0 Å². The first-order chi connectivity index (χ1) is 38.2. The van der Waals surface area contributed by atoms with Crippen molar-refractivity contribution in [1.29, 1.82) is 0 Å². The molecule has 4 heterocycles. The first kappa shape index (κ1) is 62.6. The second-order valence-corrected chi connectivity index (χ2v) is 25.5. The van der Waals surface area contributed by atoms with Crippen LogP contribution < -0.4 is 20.4 Å². The van der Waals surface area contributed by atoms with E-state index in [9.17, 15) is 43.5 Å². The van der Waals surface area contributed by atoms with Crippen LogP contribution in [0, 0.1) is 12.8 Å². The van der Waals surface area contributed by atoms with Gasteiger partial charge in [-0.05, 0) is 108 Å². The molecule has 81 heavy (non-hydrogen) atoms. The number of amides is 6. The number of nitrogens with zero attached hydrogens (tertiary/aromatic N) is 4. The number of carbonyl (C=O) groups excluding carboxylic acids is 8. The van der Waals surface area contributed by atoms with E-state index in [1.807, 2.05) is 58.0 Å². The zero-order valence-electron chi connectivity index (χ0n) is 47.4. The minimum atomic E-state index is -1.86. The number of esters is 1. The lowest BCUT2D eigenvalue weighted by Crippen LogP contribution is -2.63. The molecule has 0 aromatic heterocycles. The standard InChI is InChI=1S/C57H73ClN6O15S2/c1-32-13-11-14-43(74-10)57(73)30-42(76-54(72)59-57)34(3)52-56(7,78-52)44(29-49(69)63(9)41-27-36(25-32)26-33(2)51(41)58)77-53(71)35(4)62(8)46(66)22-24-80-81-55(5,6)31-45(65)61-60-40-19-16-37-28-38(17-18-39(37)40)75-23-12-15-50(70)79-64-47(67)20-21-48(64)68/h11,13-14,17-18,26-28,34-35,42-44,52,73H,12,15-16,19-25,29-31H2,1-10H3,(H,59,72)(H,61,65)/b14-11+,32-13+,60-40+/t34-,35+,42+,43-,44+,52+,56+,57+/m1/s1. The number of hydroxylamine groups is 2. The van der Waals surface area contributed by atoms with Gasteiger partial charge in [0.2, 0.25) is 17.7 Å². The fourth-order valence-corrected chi connectivity index (χ4v) is 12.9. The number of hydrogen-bond acceptors (Lipinski definition) is 18. The van der Waals surface area contributed by atoms with Gasteiger partial charge in [-0.15, -0.1) is 5.06 Å². The molecule has 3 saturated heterocycles. The molecule has 3 fully saturated rings. The molecule has 4 aliphatic heterocycles. The second-order valence-electron chi connectivity index (χ2n) is 22.0. The van der Waals surface area contributed by atoms with E-state index >= 15 is 0 Å². The van der Waals surface area contributed by atoms with Gasteiger partial charge >= 0.3 is 18.0 Å². The number of ether oxygens (including phenoxy) is 5. The minimum Gasteiger partial charge on any atom is -0.494 e. The number of hydrazone groups is 1. The molecule has 0 saturated carbocycles. The first-order valence-corrected chi connectivity index (χ1v) is 29.7. The maximum absolute atomic E-state index is 14.4. The Morgan fingerprint density at radius 2 is 1.78 bits per heavy atom. The van der Waals surface area contributed by atoms with Gasteiger partial charge in [0.25, 0.3) is 11.8 Å². The zero-order chi connectivity index (χ0) is 59.1. The molecule has 440 valence electrons. The SMILES string of the molecule is CO[C@@H]1/C=C/C=C(\C)Cc2cc(C)c(Cl)c(c2)N(C)C(=O)C[C@H](OC(=O)[C@H](C)N(C)C(=O)CCSSC(C)(C)CC(=O)N/N=C2\CCc3cc(OCCCC(=O)ON4C(=O)CCC4=O)ccc32)[C@]2(C)O[C@H]2[C@H](C)[C@@H]2C[C@@]1(O)NC(=O)O2. The molecule has 2 aromatic rings. The van der Waals surface area contributed by atoms with Crippen molar-refractivity contribution in [3.05, 3.63) is 81.4 Å². The summed E-state index contributed by atoms with van der Waals surface area (Å²) in [4.78, 5) is 111. The number of aryl methyl sites for hydroxylation is 2. The van der Waals surface area contributed by atoms with Crippen molar-refractivity contribution >= 4 is 92.2 Å². The van der Waals surface area contributed by atoms with Crippen molar-refractivity contribution in [1.82, 2.24) is 20.7 Å². The lowest BCUT2D eigenvalue weighted by atomic mass is 9.83. The Labute approximate surface area is 484 Å². The number of nitrogens with one attached hydrogen (secondary N) is 2. The van der Waals surface area contributed by atoms with Gasteiger partial charge in [-0.2, -0.15) is 5.10 Å². The smallest absolute Gasteiger partial charge is 0.409 e. The normalized spacial score (nSPS) is 26.8. The van der Waals surface area contributed by atoms with E-state index in [2.05, 4.69) is 15.8 Å². The van der Waals surface area contributed by atoms with E-state index in [4.69, 9.17) is 40.1 Å². The summed E-state index contributed by atoms with van der Waals surface area (Å²) >= 11 is 6.85. The van der Waals surface area contributed by atoms with Crippen molar-refractivity contribution < 1.29 is 72.0 Å². The number of methoxy groups -OCH3 is 1. The van der Waals surface area contributed by atoms with Crippen molar-refractivity contribution in [2.75, 3.05) is 38.5 Å². The average molecular weight is 1180 g/mol. The van der Waals surface area contributed by atoms with E-state index in [-0.39, 0.29) is 63.4 Å². The predicted octanol–water partition coefficient (Wildman–Crippen LogP) is 6.99. The van der Waals surface area contributed by atoms with Gasteiger partial charge in [0.15, 0.2) is 5.72 Å². The average Bonchev–Trinajstić information content (AvgIpc) is 4.07. The number of allylic oxidation sites excluding steroid dienone is 3. The highest BCUT2D eigenvalue weighted by Crippen LogP contribution is 2.49. The Hall–Kier alpha value is -5.98. The Morgan fingerprint density at radius 1 is 1.05 bits per heavy atom. The maximum Gasteiger partial charge on any atom is 0.409 e. The Morgan fingerprint density at radius 3 is 2.49 bits per heavy atom. The van der Waals surface area contributed by atoms with E-state index in [1.54, 1.807) is 39.1 Å². The lowest BCUT2D eigenvalue weighted by Gasteiger charge is -2.42. The van der Waals surface area contributed by atoms with Crippen molar-refractivity contribution in [3.8, 4) is 5.75 Å². The number of halogens is 1. The third kappa shape index (κ3) is 15.6. The highest BCUT2D eigenvalue weighted by molar-refractivity contribution is 8.77. The van der Waals surface area contributed by atoms with E-state index in [0.29, 0.717) is 53.0 Å². The largest absolute Gasteiger partial charge is 0.494 e. The van der Waals surface area contributed by atoms with Crippen LogP contribution in [0.25, 0.3) is 0 Å². The number of benzene rings is 2. The summed E-state index contributed by atoms with van der Waals surface area (Å²) < 4.78 is 29.2. The van der Waals surface area contributed by atoms with Crippen LogP contribution in [0.1, 0.15) is 122 Å². The molecule has 24 heteroatoms. The van der Waals surface area contributed by atoms with Crippen molar-refractivity contribution in [3.63, 3.8) is 0 Å². The van der Waals surface area contributed by atoms with Crippen LogP contribution in [-0.2, 0) is 70.2 Å². The summed E-state index contributed by atoms with van der Waals surface area (Å²) in [6.07, 6.45) is 2.61. The predicted molar refractivity (Wildman–Crippen MR) is 304 cm³/mol. The number of carbonyl (C=O) groups is 8. The molecule has 5 aliphatic rings. The topological polar surface area (TPSA) is 262 Å². The van der Waals surface area contributed by atoms with Crippen LogP contribution in [0.2, 0.25) is 5.02 Å². The molecular formula is C57H73ClN6O15S2. The summed E-state index contributed by atoms with van der Waals surface area (Å²) in [6.45, 7) is 12.9. The van der Waals surface area contributed by atoms with Crippen LogP contribution in [0.15, 0.2) is 59.2 Å². The molecule has 8 atom stereocenters. The minimum absolute atomic E-state index is 0.0256. The second kappa shape index (κ2) is 26.5. The van der Waals surface area contributed by atoms with Crippen LogP contribution in [0.4, 0.5) is 10.5 Å². The molecule has 4 bridgehead atoms. The number of fused-ring (bicyclic) bond motifs is 6. The number of epoxide rings is 1. The summed E-state index contributed by atoms with van der Waals surface area (Å²) in [5, 5.41) is 19.7. The van der Waals surface area contributed by atoms with Gasteiger partial charge in [0.05, 0.1) is 42.0 Å². The van der Waals surface area contributed by atoms with Gasteiger partial charge in [0, 0.05) is 75.3 Å². The third-order valence-electron chi connectivity index (χ3n) is 15.1. The van der Waals surface area contributed by atoms with E-state index < -0.39 is 88.2 Å². The van der Waals surface area contributed by atoms with Gasteiger partial charge in [-0.25, -0.2) is 19.8 Å². The monoisotopic (exact) mass is 1180 g/mol. The number of anilines is 1.